The van der Waals surface area contributed by atoms with Crippen molar-refractivity contribution in [3.8, 4) is 0 Å². The summed E-state index contributed by atoms with van der Waals surface area (Å²) >= 11 is 1.38. The average Bonchev–Trinajstić information content (AvgIpc) is 2.85. The highest BCUT2D eigenvalue weighted by Crippen LogP contribution is 2.34. The van der Waals surface area contributed by atoms with Gasteiger partial charge in [-0.25, -0.2) is 4.39 Å². The molecule has 0 saturated carbocycles. The summed E-state index contributed by atoms with van der Waals surface area (Å²) in [4.78, 5) is 15.4. The summed E-state index contributed by atoms with van der Waals surface area (Å²) in [5.41, 5.74) is 6.55. The summed E-state index contributed by atoms with van der Waals surface area (Å²) < 4.78 is 14.8. The lowest BCUT2D eigenvalue weighted by molar-refractivity contribution is 0.0628. The highest BCUT2D eigenvalue weighted by atomic mass is 35.5. The molecule has 1 aromatic heterocycles. The van der Waals surface area contributed by atoms with E-state index in [1.807, 2.05) is 17.9 Å². The van der Waals surface area contributed by atoms with E-state index in [0.717, 1.165) is 36.1 Å². The third-order valence-electron chi connectivity index (χ3n) is 4.26. The molecule has 22 heavy (non-hydrogen) atoms. The van der Waals surface area contributed by atoms with Gasteiger partial charge in [0.25, 0.3) is 5.91 Å². The van der Waals surface area contributed by atoms with Gasteiger partial charge in [-0.1, -0.05) is 6.07 Å². The van der Waals surface area contributed by atoms with Crippen LogP contribution in [0.15, 0.2) is 18.2 Å². The zero-order chi connectivity index (χ0) is 15.0. The van der Waals surface area contributed by atoms with E-state index in [4.69, 9.17) is 5.73 Å². The number of hydrogen-bond donors (Lipinski definition) is 1. The smallest absolute Gasteiger partial charge is 0.264 e. The molecule has 0 aliphatic carbocycles. The van der Waals surface area contributed by atoms with Crippen molar-refractivity contribution < 1.29 is 9.18 Å². The minimum absolute atomic E-state index is 0. The SMILES string of the molecule is Cc1c(C(=O)N2CCCCC2CN)sc2cccc(F)c12.Cl. The van der Waals surface area contributed by atoms with Crippen molar-refractivity contribution in [1.82, 2.24) is 4.90 Å². The maximum Gasteiger partial charge on any atom is 0.264 e. The van der Waals surface area contributed by atoms with Crippen molar-refractivity contribution in [2.45, 2.75) is 32.2 Å². The van der Waals surface area contributed by atoms with Gasteiger partial charge >= 0.3 is 0 Å². The lowest BCUT2D eigenvalue weighted by Gasteiger charge is -2.34. The molecule has 120 valence electrons. The Kier molecular flexibility index (Phi) is 5.42. The van der Waals surface area contributed by atoms with E-state index >= 15 is 0 Å². The van der Waals surface area contributed by atoms with E-state index in [-0.39, 0.29) is 30.2 Å². The molecule has 0 radical (unpaired) electrons. The Balaban J connectivity index is 0.00000176. The van der Waals surface area contributed by atoms with Crippen LogP contribution in [0.3, 0.4) is 0 Å². The van der Waals surface area contributed by atoms with Gasteiger partial charge in [-0.05, 0) is 43.9 Å². The molecule has 1 aromatic carbocycles. The summed E-state index contributed by atoms with van der Waals surface area (Å²) in [7, 11) is 0. The fraction of sp³-hybridized carbons (Fsp3) is 0.438. The van der Waals surface area contributed by atoms with Gasteiger partial charge in [0, 0.05) is 29.2 Å². The first kappa shape index (κ1) is 17.2. The van der Waals surface area contributed by atoms with Crippen LogP contribution in [-0.2, 0) is 0 Å². The first-order valence-corrected chi connectivity index (χ1v) is 8.13. The fourth-order valence-electron chi connectivity index (χ4n) is 3.10. The summed E-state index contributed by atoms with van der Waals surface area (Å²) in [5, 5.41) is 0.576. The number of halogens is 2. The van der Waals surface area contributed by atoms with E-state index in [1.54, 1.807) is 6.07 Å². The van der Waals surface area contributed by atoms with Gasteiger partial charge < -0.3 is 10.6 Å². The monoisotopic (exact) mass is 342 g/mol. The van der Waals surface area contributed by atoms with Gasteiger partial charge in [0.2, 0.25) is 0 Å². The number of thiophene rings is 1. The fourth-order valence-corrected chi connectivity index (χ4v) is 4.28. The van der Waals surface area contributed by atoms with Gasteiger partial charge in [0.05, 0.1) is 4.88 Å². The standard InChI is InChI=1S/C16H19FN2OS.ClH/c1-10-14-12(17)6-4-7-13(14)21-15(10)16(20)19-8-3-2-5-11(19)9-18;/h4,6-7,11H,2-3,5,8-9,18H2,1H3;1H. The highest BCUT2D eigenvalue weighted by molar-refractivity contribution is 7.21. The van der Waals surface area contributed by atoms with E-state index in [2.05, 4.69) is 0 Å². The van der Waals surface area contributed by atoms with Crippen molar-refractivity contribution in [3.63, 3.8) is 0 Å². The number of hydrogen-bond acceptors (Lipinski definition) is 3. The number of nitrogens with zero attached hydrogens (tertiary/aromatic N) is 1. The number of likely N-dealkylation sites (tertiary alicyclic amines) is 1. The molecule has 2 N–H and O–H groups in total. The molecule has 0 bridgehead atoms. The molecule has 1 unspecified atom stereocenters. The number of piperidine rings is 1. The van der Waals surface area contributed by atoms with E-state index in [0.29, 0.717) is 16.8 Å². The van der Waals surface area contributed by atoms with Gasteiger partial charge in [-0.2, -0.15) is 0 Å². The zero-order valence-corrected chi connectivity index (χ0v) is 14.1. The maximum atomic E-state index is 14.0. The lowest BCUT2D eigenvalue weighted by atomic mass is 10.0. The number of amides is 1. The molecule has 1 atom stereocenters. The first-order valence-electron chi connectivity index (χ1n) is 7.32. The Labute approximate surface area is 139 Å². The van der Waals surface area contributed by atoms with Crippen LogP contribution in [0.25, 0.3) is 10.1 Å². The molecule has 1 amide bonds. The number of carbonyl (C=O) groups is 1. The second-order valence-corrected chi connectivity index (χ2v) is 6.61. The molecule has 6 heteroatoms. The van der Waals surface area contributed by atoms with Gasteiger partial charge in [0.15, 0.2) is 0 Å². The summed E-state index contributed by atoms with van der Waals surface area (Å²) in [5.74, 6) is -0.252. The number of rotatable bonds is 2. The molecular weight excluding hydrogens is 323 g/mol. The minimum Gasteiger partial charge on any atom is -0.334 e. The first-order chi connectivity index (χ1) is 10.1. The largest absolute Gasteiger partial charge is 0.334 e. The Hall–Kier alpha value is -1.17. The predicted molar refractivity (Wildman–Crippen MR) is 91.5 cm³/mol. The Morgan fingerprint density at radius 2 is 2.23 bits per heavy atom. The Bertz CT molecular complexity index is 688. The highest BCUT2D eigenvalue weighted by Gasteiger charge is 2.29. The predicted octanol–water partition coefficient (Wildman–Crippen LogP) is 3.72. The van der Waals surface area contributed by atoms with Crippen molar-refractivity contribution >= 4 is 39.7 Å². The van der Waals surface area contributed by atoms with Gasteiger partial charge in [-0.3, -0.25) is 4.79 Å². The minimum atomic E-state index is -0.255. The molecule has 1 aliphatic rings. The summed E-state index contributed by atoms with van der Waals surface area (Å²) in [6.07, 6.45) is 3.09. The van der Waals surface area contributed by atoms with Crippen LogP contribution in [0.2, 0.25) is 0 Å². The van der Waals surface area contributed by atoms with Crippen LogP contribution in [0, 0.1) is 12.7 Å². The Morgan fingerprint density at radius 3 is 2.91 bits per heavy atom. The second-order valence-electron chi connectivity index (χ2n) is 5.55. The van der Waals surface area contributed by atoms with E-state index < -0.39 is 0 Å². The molecule has 1 saturated heterocycles. The van der Waals surface area contributed by atoms with Crippen LogP contribution in [0.1, 0.15) is 34.5 Å². The average molecular weight is 343 g/mol. The second kappa shape index (κ2) is 6.94. The molecule has 2 aromatic rings. The summed E-state index contributed by atoms with van der Waals surface area (Å²) in [6.45, 7) is 3.07. The van der Waals surface area contributed by atoms with E-state index in [1.165, 1.54) is 17.4 Å². The van der Waals surface area contributed by atoms with Crippen molar-refractivity contribution in [2.75, 3.05) is 13.1 Å². The third kappa shape index (κ3) is 2.85. The van der Waals surface area contributed by atoms with Crippen LogP contribution < -0.4 is 5.73 Å². The normalized spacial score (nSPS) is 18.3. The van der Waals surface area contributed by atoms with Gasteiger partial charge in [-0.15, -0.1) is 23.7 Å². The quantitative estimate of drug-likeness (QED) is 0.904. The molecule has 3 nitrogen and oxygen atoms in total. The number of carbonyl (C=O) groups excluding carboxylic acids is 1. The molecule has 1 aliphatic heterocycles. The number of benzene rings is 1. The molecule has 2 heterocycles. The summed E-state index contributed by atoms with van der Waals surface area (Å²) in [6, 6.07) is 5.11. The molecule has 3 rings (SSSR count). The number of aryl methyl sites for hydroxylation is 1. The Morgan fingerprint density at radius 1 is 1.45 bits per heavy atom. The van der Waals surface area contributed by atoms with Crippen LogP contribution in [-0.4, -0.2) is 29.9 Å². The lowest BCUT2D eigenvalue weighted by Crippen LogP contribution is -2.47. The topological polar surface area (TPSA) is 46.3 Å². The van der Waals surface area contributed by atoms with Crippen molar-refractivity contribution in [3.05, 3.63) is 34.5 Å². The van der Waals surface area contributed by atoms with Crippen LogP contribution in [0.5, 0.6) is 0 Å². The van der Waals surface area contributed by atoms with Crippen molar-refractivity contribution in [2.24, 2.45) is 5.73 Å². The zero-order valence-electron chi connectivity index (χ0n) is 12.5. The van der Waals surface area contributed by atoms with Crippen LogP contribution >= 0.6 is 23.7 Å². The van der Waals surface area contributed by atoms with E-state index in [9.17, 15) is 9.18 Å². The molecule has 1 fully saturated rings. The van der Waals surface area contributed by atoms with Crippen molar-refractivity contribution in [1.29, 1.82) is 0 Å². The molecule has 0 spiro atoms. The van der Waals surface area contributed by atoms with Gasteiger partial charge in [0.1, 0.15) is 5.82 Å². The molecular formula is C16H20ClFN2OS. The van der Waals surface area contributed by atoms with Crippen LogP contribution in [0.4, 0.5) is 4.39 Å². The number of fused-ring (bicyclic) bond motifs is 1. The third-order valence-corrected chi connectivity index (χ3v) is 5.50. The maximum absolute atomic E-state index is 14.0. The number of nitrogens with two attached hydrogens (primary N) is 1.